The zero-order valence-electron chi connectivity index (χ0n) is 16.3. The standard InChI is InChI=1S/C20H24N6O3/c1-14-7-5-6-10-16(14)20(27)25-24-19-17(26(28)29)18(22-13-23-19)21-12-11-15-8-3-2-4-9-15/h5-8,10,13H,2-4,9,11-12H2,1H3,(H,25,27)(H2,21,22,23,24). The molecular weight excluding hydrogens is 372 g/mol. The summed E-state index contributed by atoms with van der Waals surface area (Å²) in [6.07, 6.45) is 8.85. The summed E-state index contributed by atoms with van der Waals surface area (Å²) in [5, 5.41) is 14.6. The van der Waals surface area contributed by atoms with E-state index in [2.05, 4.69) is 32.2 Å². The number of carbonyl (C=O) groups excluding carboxylic acids is 1. The molecule has 0 atom stereocenters. The van der Waals surface area contributed by atoms with Crippen LogP contribution in [0.3, 0.4) is 0 Å². The number of benzene rings is 1. The summed E-state index contributed by atoms with van der Waals surface area (Å²) in [5.74, 6) is -0.366. The molecule has 29 heavy (non-hydrogen) atoms. The molecule has 2 aromatic rings. The Labute approximate surface area is 168 Å². The van der Waals surface area contributed by atoms with Crippen molar-refractivity contribution in [3.05, 3.63) is 63.5 Å². The molecule has 0 spiro atoms. The zero-order valence-corrected chi connectivity index (χ0v) is 16.3. The van der Waals surface area contributed by atoms with Crippen LogP contribution in [0.5, 0.6) is 0 Å². The third-order valence-corrected chi connectivity index (χ3v) is 4.81. The number of allylic oxidation sites excluding steroid dienone is 1. The Kier molecular flexibility index (Phi) is 6.72. The predicted octanol–water partition coefficient (Wildman–Crippen LogP) is 3.75. The van der Waals surface area contributed by atoms with Gasteiger partial charge in [0.1, 0.15) is 6.33 Å². The van der Waals surface area contributed by atoms with Gasteiger partial charge in [0.25, 0.3) is 5.91 Å². The summed E-state index contributed by atoms with van der Waals surface area (Å²) in [4.78, 5) is 31.3. The van der Waals surface area contributed by atoms with E-state index in [0.717, 1.165) is 24.8 Å². The van der Waals surface area contributed by atoms with E-state index in [-0.39, 0.29) is 17.3 Å². The van der Waals surface area contributed by atoms with E-state index >= 15 is 0 Å². The van der Waals surface area contributed by atoms with E-state index in [4.69, 9.17) is 0 Å². The molecule has 1 aromatic carbocycles. The molecule has 0 bridgehead atoms. The summed E-state index contributed by atoms with van der Waals surface area (Å²) in [6, 6.07) is 7.06. The number of nitrogens with zero attached hydrogens (tertiary/aromatic N) is 3. The minimum Gasteiger partial charge on any atom is -0.364 e. The van der Waals surface area contributed by atoms with Crippen LogP contribution in [-0.4, -0.2) is 27.3 Å². The number of rotatable bonds is 8. The minimum absolute atomic E-state index is 0.0775. The highest BCUT2D eigenvalue weighted by molar-refractivity contribution is 5.96. The number of hydrogen-bond donors (Lipinski definition) is 3. The van der Waals surface area contributed by atoms with E-state index in [1.54, 1.807) is 12.1 Å². The lowest BCUT2D eigenvalue weighted by atomic mass is 9.97. The van der Waals surface area contributed by atoms with Crippen molar-refractivity contribution in [1.82, 2.24) is 15.4 Å². The Morgan fingerprint density at radius 1 is 1.21 bits per heavy atom. The van der Waals surface area contributed by atoms with E-state index < -0.39 is 10.8 Å². The lowest BCUT2D eigenvalue weighted by molar-refractivity contribution is -0.383. The Hall–Kier alpha value is -3.49. The second-order valence-electron chi connectivity index (χ2n) is 6.86. The number of carbonyl (C=O) groups is 1. The molecular formula is C20H24N6O3. The molecule has 3 rings (SSSR count). The van der Waals surface area contributed by atoms with Crippen LogP contribution >= 0.6 is 0 Å². The van der Waals surface area contributed by atoms with Gasteiger partial charge < -0.3 is 5.32 Å². The minimum atomic E-state index is -0.565. The molecule has 0 aliphatic heterocycles. The Morgan fingerprint density at radius 2 is 2.00 bits per heavy atom. The normalized spacial score (nSPS) is 13.3. The number of amides is 1. The van der Waals surface area contributed by atoms with Gasteiger partial charge in [-0.25, -0.2) is 9.97 Å². The molecule has 0 saturated heterocycles. The van der Waals surface area contributed by atoms with Crippen LogP contribution in [0.2, 0.25) is 0 Å². The van der Waals surface area contributed by atoms with Crippen molar-refractivity contribution in [3.8, 4) is 0 Å². The molecule has 0 radical (unpaired) electrons. The van der Waals surface area contributed by atoms with Gasteiger partial charge in [0.05, 0.1) is 4.92 Å². The van der Waals surface area contributed by atoms with Gasteiger partial charge in [-0.15, -0.1) is 0 Å². The average molecular weight is 396 g/mol. The first-order valence-electron chi connectivity index (χ1n) is 9.59. The van der Waals surface area contributed by atoms with Crippen LogP contribution in [0.1, 0.15) is 48.0 Å². The van der Waals surface area contributed by atoms with Gasteiger partial charge >= 0.3 is 5.69 Å². The van der Waals surface area contributed by atoms with Crippen LogP contribution < -0.4 is 16.2 Å². The number of nitro groups is 1. The quantitative estimate of drug-likeness (QED) is 0.353. The van der Waals surface area contributed by atoms with Gasteiger partial charge in [-0.3, -0.25) is 25.8 Å². The lowest BCUT2D eigenvalue weighted by Gasteiger charge is -2.14. The third-order valence-electron chi connectivity index (χ3n) is 4.81. The smallest absolute Gasteiger partial charge is 0.354 e. The molecule has 0 unspecified atom stereocenters. The number of hydrazine groups is 1. The van der Waals surface area contributed by atoms with Crippen molar-refractivity contribution in [1.29, 1.82) is 0 Å². The van der Waals surface area contributed by atoms with E-state index in [1.807, 2.05) is 19.1 Å². The number of aryl methyl sites for hydroxylation is 1. The van der Waals surface area contributed by atoms with Crippen molar-refractivity contribution >= 4 is 23.2 Å². The highest BCUT2D eigenvalue weighted by Gasteiger charge is 2.23. The fourth-order valence-corrected chi connectivity index (χ4v) is 3.26. The van der Waals surface area contributed by atoms with Crippen molar-refractivity contribution in [2.24, 2.45) is 0 Å². The van der Waals surface area contributed by atoms with E-state index in [1.165, 1.54) is 24.7 Å². The van der Waals surface area contributed by atoms with E-state index in [0.29, 0.717) is 12.1 Å². The maximum atomic E-state index is 12.3. The Bertz CT molecular complexity index is 928. The second-order valence-corrected chi connectivity index (χ2v) is 6.86. The summed E-state index contributed by atoms with van der Waals surface area (Å²) >= 11 is 0. The van der Waals surface area contributed by atoms with Crippen molar-refractivity contribution < 1.29 is 9.72 Å². The molecule has 1 aliphatic carbocycles. The topological polar surface area (TPSA) is 122 Å². The maximum absolute atomic E-state index is 12.3. The SMILES string of the molecule is Cc1ccccc1C(=O)NNc1ncnc(NCCC2=CCCCC2)c1[N+](=O)[O-]. The monoisotopic (exact) mass is 396 g/mol. The largest absolute Gasteiger partial charge is 0.364 e. The van der Waals surface area contributed by atoms with E-state index in [9.17, 15) is 14.9 Å². The van der Waals surface area contributed by atoms with Gasteiger partial charge in [-0.1, -0.05) is 29.8 Å². The summed E-state index contributed by atoms with van der Waals surface area (Å²) in [5.41, 5.74) is 7.34. The Morgan fingerprint density at radius 3 is 2.72 bits per heavy atom. The first kappa shape index (κ1) is 20.2. The highest BCUT2D eigenvalue weighted by atomic mass is 16.6. The summed E-state index contributed by atoms with van der Waals surface area (Å²) < 4.78 is 0. The first-order chi connectivity index (χ1) is 14.1. The van der Waals surface area contributed by atoms with Gasteiger partial charge in [-0.05, 0) is 50.7 Å². The predicted molar refractivity (Wildman–Crippen MR) is 111 cm³/mol. The first-order valence-corrected chi connectivity index (χ1v) is 9.59. The second kappa shape index (κ2) is 9.63. The third kappa shape index (κ3) is 5.28. The van der Waals surface area contributed by atoms with Crippen molar-refractivity contribution in [3.63, 3.8) is 0 Å². The number of anilines is 2. The molecule has 1 amide bonds. The van der Waals surface area contributed by atoms with Crippen molar-refractivity contribution in [2.75, 3.05) is 17.3 Å². The zero-order chi connectivity index (χ0) is 20.6. The maximum Gasteiger partial charge on any atom is 0.354 e. The van der Waals surface area contributed by atoms with Crippen LogP contribution in [0.15, 0.2) is 42.2 Å². The molecule has 9 nitrogen and oxygen atoms in total. The molecule has 0 fully saturated rings. The Balaban J connectivity index is 1.67. The van der Waals surface area contributed by atoms with Gasteiger partial charge in [0.2, 0.25) is 11.6 Å². The van der Waals surface area contributed by atoms with Crippen LogP contribution in [0.25, 0.3) is 0 Å². The molecule has 3 N–H and O–H groups in total. The summed E-state index contributed by atoms with van der Waals surface area (Å²) in [6.45, 7) is 2.35. The molecule has 1 aromatic heterocycles. The van der Waals surface area contributed by atoms with Crippen LogP contribution in [-0.2, 0) is 0 Å². The number of aromatic nitrogens is 2. The molecule has 0 saturated carbocycles. The van der Waals surface area contributed by atoms with Gasteiger partial charge in [-0.2, -0.15) is 0 Å². The fraction of sp³-hybridized carbons (Fsp3) is 0.350. The fourth-order valence-electron chi connectivity index (χ4n) is 3.26. The lowest BCUT2D eigenvalue weighted by Crippen LogP contribution is -2.31. The summed E-state index contributed by atoms with van der Waals surface area (Å²) in [7, 11) is 0. The van der Waals surface area contributed by atoms with Gasteiger partial charge in [0.15, 0.2) is 0 Å². The highest BCUT2D eigenvalue weighted by Crippen LogP contribution is 2.29. The van der Waals surface area contributed by atoms with Crippen LogP contribution in [0, 0.1) is 17.0 Å². The van der Waals surface area contributed by atoms with Crippen LogP contribution in [0.4, 0.5) is 17.3 Å². The van der Waals surface area contributed by atoms with Gasteiger partial charge in [0, 0.05) is 12.1 Å². The molecule has 9 heteroatoms. The number of hydrogen-bond acceptors (Lipinski definition) is 7. The molecule has 1 heterocycles. The molecule has 152 valence electrons. The molecule has 1 aliphatic rings. The average Bonchev–Trinajstić information content (AvgIpc) is 2.73. The van der Waals surface area contributed by atoms with Crippen molar-refractivity contribution in [2.45, 2.75) is 39.0 Å². The number of nitrogens with one attached hydrogen (secondary N) is 3.